The number of fused-ring (bicyclic) bond motifs is 10. The van der Waals surface area contributed by atoms with Gasteiger partial charge in [0.2, 0.25) is 0 Å². The minimum absolute atomic E-state index is 0.0868. The zero-order chi connectivity index (χ0) is 79.3. The number of aryl methyl sites for hydroxylation is 6. The number of allylic oxidation sites excluding steroid dienone is 2. The van der Waals surface area contributed by atoms with Crippen molar-refractivity contribution in [1.82, 2.24) is 0 Å². The Balaban J connectivity index is 0.851. The SMILES string of the molecule is C=CCCCC1(CCCC=C)c2cc(C)ccc2-c2ccc(-c3ccc4c(c3)C(CCCCCc3ccc5c(c3)CC5)(c3ccc(CCCCCC)cc3)c3cc(-c5ccc6c(c5)C(CCCCCCCC)(CCCCCCCC)c5cc(-c7ccc(N(c8ccc(C)cc8)c8ccc(C(C)CC)cc8)cc7)ccc5-6)ccc3-4)cc21. The summed E-state index contributed by atoms with van der Waals surface area (Å²) in [5.74, 6) is 0.522. The number of benzene rings is 11. The Morgan fingerprint density at radius 2 is 0.687 bits per heavy atom. The fourth-order valence-corrected chi connectivity index (χ4v) is 21.1. The van der Waals surface area contributed by atoms with Crippen LogP contribution in [-0.2, 0) is 41.9 Å². The van der Waals surface area contributed by atoms with Crippen LogP contribution < -0.4 is 4.90 Å². The number of unbranched alkanes of at least 4 members (excludes halogenated alkanes) is 17. The molecule has 4 aliphatic rings. The van der Waals surface area contributed by atoms with Gasteiger partial charge in [-0.05, 0) is 323 Å². The van der Waals surface area contributed by atoms with Gasteiger partial charge in [0.05, 0.1) is 0 Å². The van der Waals surface area contributed by atoms with E-state index in [1.165, 1.54) is 268 Å². The predicted octanol–water partition coefficient (Wildman–Crippen LogP) is 33.4. The Labute approximate surface area is 694 Å². The topological polar surface area (TPSA) is 3.24 Å². The van der Waals surface area contributed by atoms with Gasteiger partial charge in [-0.2, -0.15) is 0 Å². The van der Waals surface area contributed by atoms with Crippen molar-refractivity contribution >= 4 is 17.1 Å². The minimum Gasteiger partial charge on any atom is -0.311 e. The Kier molecular flexibility index (Phi) is 26.2. The van der Waals surface area contributed by atoms with E-state index in [4.69, 9.17) is 0 Å². The highest BCUT2D eigenvalue weighted by Gasteiger charge is 2.47. The van der Waals surface area contributed by atoms with E-state index < -0.39 is 5.41 Å². The standard InChI is InChI=1S/C114H131N/c1-10-16-21-24-26-33-72-113(73-34-27-25-22-17-11-2)107-77-91(89-49-62-99(63-50-89)115(97-58-38-82(7)39-59-97)98-60-47-87(48-61-98)84(9)15-6)51-65-102(107)103-67-53-93(79-109(103)113)95-55-69-105-104-68-54-94(92-52-66-101-100-64-40-83(8)75-106(100)112(108(101)78-92,70-31-19-13-4)71-32-20-14-5)80-110(104)114(111(105)81-95,96-56-42-85(43-57-96)36-29-23-18-12-3)74-35-28-30-37-86-41-44-88-45-46-90(88)76-86/h13-14,38-44,47-69,75-81,84H,4-5,10-12,15-37,45-46,70-74H2,1-3,6-9H3. The van der Waals surface area contributed by atoms with Gasteiger partial charge in [-0.3, -0.25) is 0 Å². The van der Waals surface area contributed by atoms with Gasteiger partial charge in [0, 0.05) is 33.3 Å². The summed E-state index contributed by atoms with van der Waals surface area (Å²) < 4.78 is 0. The number of hydrogen-bond donors (Lipinski definition) is 0. The Morgan fingerprint density at radius 1 is 0.322 bits per heavy atom. The highest BCUT2D eigenvalue weighted by molar-refractivity contribution is 5.92. The lowest BCUT2D eigenvalue weighted by Gasteiger charge is -2.34. The molecule has 15 rings (SSSR count). The zero-order valence-corrected chi connectivity index (χ0v) is 71.3. The molecule has 0 aliphatic heterocycles. The summed E-state index contributed by atoms with van der Waals surface area (Å²) >= 11 is 0. The average Bonchev–Trinajstić information content (AvgIpc) is 1.55. The maximum Gasteiger partial charge on any atom is 0.0464 e. The van der Waals surface area contributed by atoms with E-state index in [0.717, 1.165) is 83.5 Å². The molecular formula is C114H131N. The van der Waals surface area contributed by atoms with Crippen molar-refractivity contribution in [1.29, 1.82) is 0 Å². The van der Waals surface area contributed by atoms with Crippen LogP contribution in [0.3, 0.4) is 0 Å². The van der Waals surface area contributed by atoms with E-state index in [1.54, 1.807) is 22.3 Å². The van der Waals surface area contributed by atoms with Gasteiger partial charge in [-0.1, -0.05) is 325 Å². The molecule has 0 N–H and O–H groups in total. The fourth-order valence-electron chi connectivity index (χ4n) is 21.1. The molecule has 0 amide bonds. The molecule has 0 aromatic heterocycles. The molecule has 11 aromatic carbocycles. The van der Waals surface area contributed by atoms with Crippen LogP contribution >= 0.6 is 0 Å². The van der Waals surface area contributed by atoms with Crippen LogP contribution in [-0.4, -0.2) is 0 Å². The molecule has 2 atom stereocenters. The second-order valence-electron chi connectivity index (χ2n) is 35.6. The molecule has 0 spiro atoms. The van der Waals surface area contributed by atoms with E-state index in [0.29, 0.717) is 5.92 Å². The monoisotopic (exact) mass is 1510 g/mol. The third-order valence-corrected chi connectivity index (χ3v) is 28.0. The van der Waals surface area contributed by atoms with Crippen molar-refractivity contribution < 1.29 is 0 Å². The summed E-state index contributed by atoms with van der Waals surface area (Å²) in [5, 5.41) is 0. The molecule has 592 valence electrons. The maximum absolute atomic E-state index is 4.22. The van der Waals surface area contributed by atoms with Gasteiger partial charge in [0.1, 0.15) is 0 Å². The molecule has 0 fully saturated rings. The van der Waals surface area contributed by atoms with Gasteiger partial charge in [0.25, 0.3) is 0 Å². The van der Waals surface area contributed by atoms with Crippen LogP contribution in [0.25, 0.3) is 66.8 Å². The van der Waals surface area contributed by atoms with Crippen LogP contribution in [0.4, 0.5) is 17.1 Å². The molecule has 1 nitrogen and oxygen atoms in total. The lowest BCUT2D eigenvalue weighted by Crippen LogP contribution is -2.27. The quantitative estimate of drug-likeness (QED) is 0.0272. The minimum atomic E-state index is -0.394. The summed E-state index contributed by atoms with van der Waals surface area (Å²) in [7, 11) is 0. The predicted molar refractivity (Wildman–Crippen MR) is 498 cm³/mol. The first-order valence-corrected chi connectivity index (χ1v) is 45.8. The Hall–Kier alpha value is -9.30. The lowest BCUT2D eigenvalue weighted by atomic mass is 9.68. The normalized spacial score (nSPS) is 15.1. The highest BCUT2D eigenvalue weighted by atomic mass is 15.1. The van der Waals surface area contributed by atoms with Crippen molar-refractivity contribution in [2.24, 2.45) is 0 Å². The fraction of sp³-hybridized carbons (Fsp3) is 0.386. The van der Waals surface area contributed by atoms with E-state index in [2.05, 4.69) is 303 Å². The lowest BCUT2D eigenvalue weighted by molar-refractivity contribution is 0.398. The molecule has 2 unspecified atom stereocenters. The Morgan fingerprint density at radius 3 is 1.16 bits per heavy atom. The smallest absolute Gasteiger partial charge is 0.0464 e. The second-order valence-corrected chi connectivity index (χ2v) is 35.6. The molecule has 1 heteroatoms. The van der Waals surface area contributed by atoms with Gasteiger partial charge in [0.15, 0.2) is 0 Å². The van der Waals surface area contributed by atoms with Crippen molar-refractivity contribution in [2.75, 3.05) is 4.90 Å². The molecule has 115 heavy (non-hydrogen) atoms. The van der Waals surface area contributed by atoms with Gasteiger partial charge in [-0.25, -0.2) is 0 Å². The van der Waals surface area contributed by atoms with Crippen LogP contribution in [0.2, 0.25) is 0 Å². The summed E-state index contributed by atoms with van der Waals surface area (Å²) in [5.41, 5.74) is 39.9. The molecule has 0 radical (unpaired) electrons. The molecule has 0 heterocycles. The van der Waals surface area contributed by atoms with E-state index in [-0.39, 0.29) is 10.8 Å². The van der Waals surface area contributed by atoms with Crippen molar-refractivity contribution in [3.63, 3.8) is 0 Å². The summed E-state index contributed by atoms with van der Waals surface area (Å²) in [4.78, 5) is 2.44. The molecule has 4 aliphatic carbocycles. The van der Waals surface area contributed by atoms with Crippen molar-refractivity contribution in [3.8, 4) is 66.8 Å². The van der Waals surface area contributed by atoms with Crippen LogP contribution in [0.5, 0.6) is 0 Å². The van der Waals surface area contributed by atoms with E-state index in [1.807, 2.05) is 0 Å². The van der Waals surface area contributed by atoms with Crippen LogP contribution in [0.15, 0.2) is 250 Å². The molecule has 0 saturated carbocycles. The van der Waals surface area contributed by atoms with E-state index in [9.17, 15) is 0 Å². The number of rotatable bonds is 42. The van der Waals surface area contributed by atoms with Crippen LogP contribution in [0.1, 0.15) is 305 Å². The molecule has 0 bridgehead atoms. The average molecular weight is 1520 g/mol. The molecule has 11 aromatic rings. The summed E-state index contributed by atoms with van der Waals surface area (Å²) in [6.07, 6.45) is 44.0. The first-order valence-electron chi connectivity index (χ1n) is 45.8. The third kappa shape index (κ3) is 16.9. The molecule has 0 saturated heterocycles. The number of nitrogens with zero attached hydrogens (tertiary/aromatic N) is 1. The van der Waals surface area contributed by atoms with Gasteiger partial charge < -0.3 is 4.90 Å². The van der Waals surface area contributed by atoms with Crippen molar-refractivity contribution in [2.45, 2.75) is 283 Å². The third-order valence-electron chi connectivity index (χ3n) is 28.0. The van der Waals surface area contributed by atoms with Gasteiger partial charge in [-0.15, -0.1) is 13.2 Å². The second kappa shape index (κ2) is 37.3. The summed E-state index contributed by atoms with van der Waals surface area (Å²) in [6, 6.07) is 91.5. The number of hydrogen-bond acceptors (Lipinski definition) is 1. The first kappa shape index (κ1) is 80.9. The molecular weight excluding hydrogens is 1380 g/mol. The highest BCUT2D eigenvalue weighted by Crippen LogP contribution is 2.61. The van der Waals surface area contributed by atoms with Gasteiger partial charge >= 0.3 is 0 Å². The number of anilines is 3. The zero-order valence-electron chi connectivity index (χ0n) is 71.3. The maximum atomic E-state index is 4.22. The summed E-state index contributed by atoms with van der Waals surface area (Å²) in [6.45, 7) is 24.6. The van der Waals surface area contributed by atoms with E-state index >= 15 is 0 Å². The van der Waals surface area contributed by atoms with Crippen molar-refractivity contribution in [3.05, 3.63) is 328 Å². The van der Waals surface area contributed by atoms with Crippen LogP contribution in [0, 0.1) is 13.8 Å². The largest absolute Gasteiger partial charge is 0.311 e. The first-order chi connectivity index (χ1) is 56.4. The Bertz CT molecular complexity index is 5100.